The van der Waals surface area contributed by atoms with Crippen LogP contribution in [0.1, 0.15) is 40.5 Å². The molecule has 0 aromatic carbocycles. The fourth-order valence-electron chi connectivity index (χ4n) is 1.29. The molecule has 0 fully saturated rings. The van der Waals surface area contributed by atoms with Crippen LogP contribution in [0.2, 0.25) is 0 Å². The summed E-state index contributed by atoms with van der Waals surface area (Å²) in [6, 6.07) is 0. The van der Waals surface area contributed by atoms with E-state index in [1.54, 1.807) is 6.92 Å². The minimum absolute atomic E-state index is 0.672. The minimum Gasteiger partial charge on any atom is -0.233 e. The van der Waals surface area contributed by atoms with E-state index in [1.807, 2.05) is 19.8 Å². The predicted octanol–water partition coefficient (Wildman–Crippen LogP) is 3.46. The van der Waals surface area contributed by atoms with Gasteiger partial charge >= 0.3 is 0 Å². The number of hydrogen-bond acceptors (Lipinski definition) is 1. The molecule has 0 atom stereocenters. The van der Waals surface area contributed by atoms with Gasteiger partial charge in [-0.05, 0) is 37.8 Å². The van der Waals surface area contributed by atoms with Crippen LogP contribution in [0.3, 0.4) is 0 Å². The van der Waals surface area contributed by atoms with Crippen molar-refractivity contribution in [3.63, 3.8) is 0 Å². The summed E-state index contributed by atoms with van der Waals surface area (Å²) in [5.41, 5.74) is 3.93. The van der Waals surface area contributed by atoms with Crippen molar-refractivity contribution in [2.75, 3.05) is 0 Å². The standard InChI is InChI=1S/C12H18O/c1-6-9(3)12(10(4)7-2)11(5)8-13/h3,6-7H2,1-2,4-5H3/b12-10+. The Bertz CT molecular complexity index is 275. The number of allylic oxidation sites excluding steroid dienone is 4. The molecule has 0 aliphatic carbocycles. The highest BCUT2D eigenvalue weighted by Gasteiger charge is 2.07. The van der Waals surface area contributed by atoms with E-state index in [1.165, 1.54) is 5.57 Å². The van der Waals surface area contributed by atoms with Gasteiger partial charge in [0.1, 0.15) is 5.94 Å². The van der Waals surface area contributed by atoms with Gasteiger partial charge in [-0.15, -0.1) is 0 Å². The first-order valence-electron chi connectivity index (χ1n) is 4.68. The second kappa shape index (κ2) is 5.55. The highest BCUT2D eigenvalue weighted by molar-refractivity contribution is 5.65. The first-order valence-corrected chi connectivity index (χ1v) is 4.68. The Morgan fingerprint density at radius 1 is 1.23 bits per heavy atom. The molecule has 13 heavy (non-hydrogen) atoms. The molecule has 1 heteroatoms. The first kappa shape index (κ1) is 11.9. The highest BCUT2D eigenvalue weighted by Crippen LogP contribution is 2.23. The van der Waals surface area contributed by atoms with Crippen molar-refractivity contribution in [1.29, 1.82) is 0 Å². The summed E-state index contributed by atoms with van der Waals surface area (Å²) in [5, 5.41) is 0. The molecule has 0 amide bonds. The molecule has 0 aromatic rings. The van der Waals surface area contributed by atoms with Crippen LogP contribution >= 0.6 is 0 Å². The maximum atomic E-state index is 10.5. The first-order chi connectivity index (χ1) is 6.08. The SMILES string of the molecule is C=C(CC)/C(C(C)=C=O)=C(/C)CC. The van der Waals surface area contributed by atoms with E-state index in [0.717, 1.165) is 24.0 Å². The number of hydrogen-bond donors (Lipinski definition) is 0. The molecule has 0 heterocycles. The Hall–Kier alpha value is -1.07. The molecule has 72 valence electrons. The van der Waals surface area contributed by atoms with Crippen molar-refractivity contribution < 1.29 is 4.79 Å². The van der Waals surface area contributed by atoms with Crippen molar-refractivity contribution >= 4 is 5.94 Å². The smallest absolute Gasteiger partial charge is 0.128 e. The Morgan fingerprint density at radius 2 is 1.77 bits per heavy atom. The topological polar surface area (TPSA) is 17.1 Å². The van der Waals surface area contributed by atoms with Gasteiger partial charge in [-0.25, -0.2) is 4.79 Å². The average Bonchev–Trinajstić information content (AvgIpc) is 2.16. The van der Waals surface area contributed by atoms with E-state index >= 15 is 0 Å². The van der Waals surface area contributed by atoms with Gasteiger partial charge in [-0.2, -0.15) is 0 Å². The summed E-state index contributed by atoms with van der Waals surface area (Å²) in [5.74, 6) is 1.94. The van der Waals surface area contributed by atoms with E-state index in [0.29, 0.717) is 5.57 Å². The molecule has 0 saturated carbocycles. The summed E-state index contributed by atoms with van der Waals surface area (Å²) < 4.78 is 0. The van der Waals surface area contributed by atoms with E-state index < -0.39 is 0 Å². The van der Waals surface area contributed by atoms with Gasteiger partial charge in [0.25, 0.3) is 0 Å². The molecule has 0 rings (SSSR count). The zero-order chi connectivity index (χ0) is 10.4. The summed E-state index contributed by atoms with van der Waals surface area (Å²) >= 11 is 0. The van der Waals surface area contributed by atoms with E-state index in [4.69, 9.17) is 0 Å². The van der Waals surface area contributed by atoms with Crippen LogP contribution in [0.4, 0.5) is 0 Å². The predicted molar refractivity (Wildman–Crippen MR) is 57.3 cm³/mol. The quantitative estimate of drug-likeness (QED) is 0.476. The zero-order valence-corrected chi connectivity index (χ0v) is 9.03. The summed E-state index contributed by atoms with van der Waals surface area (Å²) in [6.45, 7) is 11.9. The molecule has 0 unspecified atom stereocenters. The fourth-order valence-corrected chi connectivity index (χ4v) is 1.29. The third kappa shape index (κ3) is 3.04. The van der Waals surface area contributed by atoms with Crippen LogP contribution in [-0.2, 0) is 4.79 Å². The third-order valence-corrected chi connectivity index (χ3v) is 2.27. The Morgan fingerprint density at radius 3 is 2.08 bits per heavy atom. The van der Waals surface area contributed by atoms with Crippen LogP contribution in [0.15, 0.2) is 28.9 Å². The molecule has 0 aliphatic rings. The van der Waals surface area contributed by atoms with Crippen LogP contribution in [0.25, 0.3) is 0 Å². The molecule has 0 spiro atoms. The van der Waals surface area contributed by atoms with Gasteiger partial charge in [0.15, 0.2) is 0 Å². The molecular weight excluding hydrogens is 160 g/mol. The van der Waals surface area contributed by atoms with Gasteiger partial charge in [0.2, 0.25) is 0 Å². The van der Waals surface area contributed by atoms with Crippen molar-refractivity contribution in [2.45, 2.75) is 40.5 Å². The van der Waals surface area contributed by atoms with Gasteiger partial charge < -0.3 is 0 Å². The Labute approximate surface area is 80.8 Å². The third-order valence-electron chi connectivity index (χ3n) is 2.27. The normalized spacial score (nSPS) is 11.7. The van der Waals surface area contributed by atoms with Gasteiger partial charge in [-0.3, -0.25) is 0 Å². The molecule has 0 aliphatic heterocycles. The largest absolute Gasteiger partial charge is 0.233 e. The monoisotopic (exact) mass is 178 g/mol. The van der Waals surface area contributed by atoms with Crippen LogP contribution < -0.4 is 0 Å². The van der Waals surface area contributed by atoms with Crippen molar-refractivity contribution in [3.05, 3.63) is 28.9 Å². The van der Waals surface area contributed by atoms with Gasteiger partial charge in [0, 0.05) is 5.57 Å². The highest BCUT2D eigenvalue weighted by atomic mass is 16.1. The second-order valence-electron chi connectivity index (χ2n) is 3.19. The molecule has 0 aromatic heterocycles. The van der Waals surface area contributed by atoms with E-state index in [2.05, 4.69) is 13.5 Å². The maximum Gasteiger partial charge on any atom is 0.128 e. The van der Waals surface area contributed by atoms with E-state index in [-0.39, 0.29) is 0 Å². The zero-order valence-electron chi connectivity index (χ0n) is 9.03. The molecule has 0 saturated heterocycles. The van der Waals surface area contributed by atoms with Crippen LogP contribution in [0, 0.1) is 0 Å². The van der Waals surface area contributed by atoms with Gasteiger partial charge in [0.05, 0.1) is 0 Å². The molecule has 0 N–H and O–H groups in total. The lowest BCUT2D eigenvalue weighted by Gasteiger charge is -2.11. The Balaban J connectivity index is 5.22. The molecular formula is C12H18O. The lowest BCUT2D eigenvalue weighted by Crippen LogP contribution is -1.94. The minimum atomic E-state index is 0.672. The number of rotatable bonds is 4. The summed E-state index contributed by atoms with van der Waals surface area (Å²) in [7, 11) is 0. The van der Waals surface area contributed by atoms with Crippen molar-refractivity contribution in [1.82, 2.24) is 0 Å². The fraction of sp³-hybridized carbons (Fsp3) is 0.500. The van der Waals surface area contributed by atoms with Crippen LogP contribution in [-0.4, -0.2) is 5.94 Å². The van der Waals surface area contributed by atoms with Crippen molar-refractivity contribution in [3.8, 4) is 0 Å². The number of carbonyl (C=O) groups excluding carboxylic acids is 1. The molecule has 0 radical (unpaired) electrons. The molecule has 0 bridgehead atoms. The Kier molecular flexibility index (Phi) is 5.10. The van der Waals surface area contributed by atoms with Crippen molar-refractivity contribution in [2.24, 2.45) is 0 Å². The molecule has 1 nitrogen and oxygen atoms in total. The van der Waals surface area contributed by atoms with Gasteiger partial charge in [-0.1, -0.05) is 26.0 Å². The van der Waals surface area contributed by atoms with E-state index in [9.17, 15) is 4.79 Å². The average molecular weight is 178 g/mol. The second-order valence-corrected chi connectivity index (χ2v) is 3.19. The summed E-state index contributed by atoms with van der Waals surface area (Å²) in [6.07, 6.45) is 1.83. The lowest BCUT2D eigenvalue weighted by atomic mass is 9.93. The van der Waals surface area contributed by atoms with Crippen LogP contribution in [0.5, 0.6) is 0 Å². The summed E-state index contributed by atoms with van der Waals surface area (Å²) in [4.78, 5) is 10.5. The maximum absolute atomic E-state index is 10.5. The lowest BCUT2D eigenvalue weighted by molar-refractivity contribution is 0.567.